The van der Waals surface area contributed by atoms with Gasteiger partial charge in [-0.2, -0.15) is 0 Å². The molecule has 4 nitrogen and oxygen atoms in total. The lowest BCUT2D eigenvalue weighted by Gasteiger charge is -2.02. The zero-order chi connectivity index (χ0) is 10.9. The lowest BCUT2D eigenvalue weighted by Crippen LogP contribution is -2.08. The molecule has 0 aromatic carbocycles. The maximum Gasteiger partial charge on any atom is 0.358 e. The first-order valence-electron chi connectivity index (χ1n) is 5.27. The Kier molecular flexibility index (Phi) is 5.37. The van der Waals surface area contributed by atoms with Crippen molar-refractivity contribution in [2.45, 2.75) is 32.6 Å². The predicted octanol–water partition coefficient (Wildman–Crippen LogP) is 2.21. The Balaban J connectivity index is 2.20. The second-order valence-electron chi connectivity index (χ2n) is 3.29. The van der Waals surface area contributed by atoms with Crippen LogP contribution < -0.4 is 0 Å². The lowest BCUT2D eigenvalue weighted by atomic mass is 10.2. The average Bonchev–Trinajstić information content (AvgIpc) is 2.30. The van der Waals surface area contributed by atoms with Crippen molar-refractivity contribution in [3.63, 3.8) is 0 Å². The third kappa shape index (κ3) is 4.54. The van der Waals surface area contributed by atoms with Crippen LogP contribution in [-0.2, 0) is 4.74 Å². The summed E-state index contributed by atoms with van der Waals surface area (Å²) < 4.78 is 5.03. The summed E-state index contributed by atoms with van der Waals surface area (Å²) in [6.07, 6.45) is 8.80. The van der Waals surface area contributed by atoms with Gasteiger partial charge in [0.05, 0.1) is 12.8 Å². The highest BCUT2D eigenvalue weighted by atomic mass is 16.5. The number of hydrogen-bond donors (Lipinski definition) is 0. The normalized spacial score (nSPS) is 9.93. The second-order valence-corrected chi connectivity index (χ2v) is 3.29. The van der Waals surface area contributed by atoms with Crippen LogP contribution in [0.4, 0.5) is 0 Å². The number of esters is 1. The lowest BCUT2D eigenvalue weighted by molar-refractivity contribution is 0.0490. The molecule has 0 bridgehead atoms. The monoisotopic (exact) mass is 208 g/mol. The first kappa shape index (κ1) is 11.6. The Morgan fingerprint density at radius 1 is 1.33 bits per heavy atom. The van der Waals surface area contributed by atoms with Crippen LogP contribution in [0.25, 0.3) is 0 Å². The van der Waals surface area contributed by atoms with Gasteiger partial charge < -0.3 is 4.74 Å². The van der Waals surface area contributed by atoms with Crippen LogP contribution in [0.1, 0.15) is 43.1 Å². The Labute approximate surface area is 89.7 Å². The summed E-state index contributed by atoms with van der Waals surface area (Å²) in [6, 6.07) is 0. The molecule has 0 radical (unpaired) electrons. The molecule has 0 N–H and O–H groups in total. The van der Waals surface area contributed by atoms with E-state index < -0.39 is 0 Å². The molecule has 0 aliphatic rings. The maximum atomic E-state index is 11.4. The summed E-state index contributed by atoms with van der Waals surface area (Å²) in [4.78, 5) is 19.0. The summed E-state index contributed by atoms with van der Waals surface area (Å²) in [5.41, 5.74) is 0.271. The summed E-state index contributed by atoms with van der Waals surface area (Å²) in [7, 11) is 0. The Bertz CT molecular complexity index is 288. The number of carbonyl (C=O) groups excluding carboxylic acids is 1. The number of nitrogens with zero attached hydrogens (tertiary/aromatic N) is 2. The van der Waals surface area contributed by atoms with E-state index in [2.05, 4.69) is 16.9 Å². The Morgan fingerprint density at radius 2 is 2.20 bits per heavy atom. The van der Waals surface area contributed by atoms with E-state index in [1.54, 1.807) is 0 Å². The Morgan fingerprint density at radius 3 is 2.87 bits per heavy atom. The summed E-state index contributed by atoms with van der Waals surface area (Å²) in [6.45, 7) is 2.61. The van der Waals surface area contributed by atoms with Gasteiger partial charge in [-0.1, -0.05) is 26.2 Å². The van der Waals surface area contributed by atoms with Crippen molar-refractivity contribution < 1.29 is 9.53 Å². The van der Waals surface area contributed by atoms with Crippen molar-refractivity contribution >= 4 is 5.97 Å². The van der Waals surface area contributed by atoms with E-state index in [-0.39, 0.29) is 11.7 Å². The molecule has 15 heavy (non-hydrogen) atoms. The van der Waals surface area contributed by atoms with E-state index in [0.29, 0.717) is 6.61 Å². The van der Waals surface area contributed by atoms with Gasteiger partial charge in [0.15, 0.2) is 5.69 Å². The van der Waals surface area contributed by atoms with Gasteiger partial charge in [-0.15, -0.1) is 0 Å². The number of rotatable bonds is 6. The molecule has 1 heterocycles. The van der Waals surface area contributed by atoms with Crippen molar-refractivity contribution in [2.24, 2.45) is 0 Å². The van der Waals surface area contributed by atoms with Gasteiger partial charge in [-0.05, 0) is 6.42 Å². The minimum atomic E-state index is -0.389. The van der Waals surface area contributed by atoms with E-state index in [0.717, 1.165) is 12.8 Å². The zero-order valence-corrected chi connectivity index (χ0v) is 8.98. The molecule has 0 aliphatic carbocycles. The SMILES string of the molecule is CCCCCCOC(=O)c1cnccn1. The van der Waals surface area contributed by atoms with E-state index >= 15 is 0 Å². The quantitative estimate of drug-likeness (QED) is 0.531. The molecule has 0 aliphatic heterocycles. The van der Waals surface area contributed by atoms with Crippen molar-refractivity contribution in [1.29, 1.82) is 0 Å². The van der Waals surface area contributed by atoms with Crippen molar-refractivity contribution in [3.8, 4) is 0 Å². The minimum Gasteiger partial charge on any atom is -0.461 e. The fourth-order valence-corrected chi connectivity index (χ4v) is 1.17. The summed E-state index contributed by atoms with van der Waals surface area (Å²) in [5, 5.41) is 0. The Hall–Kier alpha value is -1.45. The molecule has 0 amide bonds. The molecule has 0 fully saturated rings. The number of unbranched alkanes of at least 4 members (excludes halogenated alkanes) is 3. The highest BCUT2D eigenvalue weighted by molar-refractivity contribution is 5.86. The van der Waals surface area contributed by atoms with Crippen LogP contribution in [0.2, 0.25) is 0 Å². The van der Waals surface area contributed by atoms with Gasteiger partial charge in [0.25, 0.3) is 0 Å². The largest absolute Gasteiger partial charge is 0.461 e. The zero-order valence-electron chi connectivity index (χ0n) is 8.98. The molecule has 0 saturated heterocycles. The van der Waals surface area contributed by atoms with Crippen molar-refractivity contribution in [2.75, 3.05) is 6.61 Å². The molecule has 0 atom stereocenters. The summed E-state index contributed by atoms with van der Waals surface area (Å²) in [5.74, 6) is -0.389. The van der Waals surface area contributed by atoms with Gasteiger partial charge in [0.2, 0.25) is 0 Å². The van der Waals surface area contributed by atoms with E-state index in [1.807, 2.05) is 0 Å². The van der Waals surface area contributed by atoms with Crippen molar-refractivity contribution in [3.05, 3.63) is 24.3 Å². The number of hydrogen-bond acceptors (Lipinski definition) is 4. The van der Waals surface area contributed by atoms with E-state index in [1.165, 1.54) is 31.4 Å². The van der Waals surface area contributed by atoms with Gasteiger partial charge in [0, 0.05) is 12.4 Å². The molecule has 1 aromatic heterocycles. The molecule has 0 saturated carbocycles. The van der Waals surface area contributed by atoms with Gasteiger partial charge in [0.1, 0.15) is 0 Å². The molecule has 1 rings (SSSR count). The summed E-state index contributed by atoms with van der Waals surface area (Å²) >= 11 is 0. The maximum absolute atomic E-state index is 11.4. The number of aromatic nitrogens is 2. The van der Waals surface area contributed by atoms with Crippen LogP contribution in [-0.4, -0.2) is 22.5 Å². The fourth-order valence-electron chi connectivity index (χ4n) is 1.17. The first-order chi connectivity index (χ1) is 7.34. The molecular weight excluding hydrogens is 192 g/mol. The van der Waals surface area contributed by atoms with Crippen LogP contribution in [0.15, 0.2) is 18.6 Å². The molecule has 82 valence electrons. The van der Waals surface area contributed by atoms with Gasteiger partial charge >= 0.3 is 5.97 Å². The predicted molar refractivity (Wildman–Crippen MR) is 56.5 cm³/mol. The number of ether oxygens (including phenoxy) is 1. The average molecular weight is 208 g/mol. The van der Waals surface area contributed by atoms with Crippen LogP contribution in [0.5, 0.6) is 0 Å². The standard InChI is InChI=1S/C11H16N2O2/c1-2-3-4-5-8-15-11(14)10-9-12-6-7-13-10/h6-7,9H,2-5,8H2,1H3. The smallest absolute Gasteiger partial charge is 0.358 e. The molecule has 1 aromatic rings. The topological polar surface area (TPSA) is 52.1 Å². The fraction of sp³-hybridized carbons (Fsp3) is 0.545. The molecule has 0 spiro atoms. The van der Waals surface area contributed by atoms with Crippen LogP contribution in [0.3, 0.4) is 0 Å². The van der Waals surface area contributed by atoms with Gasteiger partial charge in [-0.3, -0.25) is 4.98 Å². The highest BCUT2D eigenvalue weighted by Gasteiger charge is 2.07. The highest BCUT2D eigenvalue weighted by Crippen LogP contribution is 2.01. The third-order valence-corrected chi connectivity index (χ3v) is 2.00. The van der Waals surface area contributed by atoms with Crippen LogP contribution in [0, 0.1) is 0 Å². The molecule has 0 unspecified atom stereocenters. The van der Waals surface area contributed by atoms with E-state index in [9.17, 15) is 4.79 Å². The second kappa shape index (κ2) is 6.92. The number of carbonyl (C=O) groups is 1. The van der Waals surface area contributed by atoms with Gasteiger partial charge in [-0.25, -0.2) is 9.78 Å². The van der Waals surface area contributed by atoms with E-state index in [4.69, 9.17) is 4.74 Å². The molecular formula is C11H16N2O2. The molecule has 4 heteroatoms. The minimum absolute atomic E-state index is 0.271. The third-order valence-electron chi connectivity index (χ3n) is 2.00. The first-order valence-corrected chi connectivity index (χ1v) is 5.27. The van der Waals surface area contributed by atoms with Crippen LogP contribution >= 0.6 is 0 Å². The van der Waals surface area contributed by atoms with Crippen molar-refractivity contribution in [1.82, 2.24) is 9.97 Å².